The average molecular weight is 298 g/mol. The second-order valence-electron chi connectivity index (χ2n) is 4.69. The quantitative estimate of drug-likeness (QED) is 0.477. The number of rotatable bonds is 4. The Morgan fingerprint density at radius 2 is 1.88 bits per heavy atom. The molecular weight excluding hydrogens is 282 g/mol. The summed E-state index contributed by atoms with van der Waals surface area (Å²) in [6.07, 6.45) is 6.26. The van der Waals surface area contributed by atoms with Crippen molar-refractivity contribution in [3.05, 3.63) is 39.9 Å². The summed E-state index contributed by atoms with van der Waals surface area (Å²) in [5.74, 6) is 0.769. The lowest BCUT2D eigenvalue weighted by atomic mass is 9.98. The highest BCUT2D eigenvalue weighted by molar-refractivity contribution is 9.09. The molecule has 0 spiro atoms. The molecule has 3 nitrogen and oxygen atoms in total. The molecule has 0 aromatic heterocycles. The van der Waals surface area contributed by atoms with Crippen LogP contribution in [0.5, 0.6) is 0 Å². The van der Waals surface area contributed by atoms with Crippen molar-refractivity contribution in [2.24, 2.45) is 5.92 Å². The van der Waals surface area contributed by atoms with Crippen LogP contribution in [0.25, 0.3) is 0 Å². The predicted molar refractivity (Wildman–Crippen MR) is 71.5 cm³/mol. The minimum Gasteiger partial charge on any atom is -0.258 e. The molecule has 1 unspecified atom stereocenters. The van der Waals surface area contributed by atoms with E-state index in [-0.39, 0.29) is 10.6 Å². The van der Waals surface area contributed by atoms with Crippen LogP contribution in [0.2, 0.25) is 0 Å². The van der Waals surface area contributed by atoms with Gasteiger partial charge in [0.05, 0.1) is 4.92 Å². The van der Waals surface area contributed by atoms with Crippen molar-refractivity contribution < 1.29 is 4.92 Å². The largest absolute Gasteiger partial charge is 0.269 e. The summed E-state index contributed by atoms with van der Waals surface area (Å²) in [6.45, 7) is 0. The summed E-state index contributed by atoms with van der Waals surface area (Å²) in [6, 6.07) is 6.90. The number of benzene rings is 1. The van der Waals surface area contributed by atoms with E-state index in [1.807, 2.05) is 12.1 Å². The third-order valence-corrected chi connectivity index (χ3v) is 4.56. The van der Waals surface area contributed by atoms with E-state index < -0.39 is 0 Å². The van der Waals surface area contributed by atoms with Gasteiger partial charge < -0.3 is 0 Å². The first kappa shape index (κ1) is 12.6. The molecule has 0 N–H and O–H groups in total. The molecule has 1 aliphatic rings. The Labute approximate surface area is 110 Å². The van der Waals surface area contributed by atoms with Gasteiger partial charge in [-0.2, -0.15) is 0 Å². The van der Waals surface area contributed by atoms with Crippen LogP contribution in [0.1, 0.15) is 31.2 Å². The van der Waals surface area contributed by atoms with Crippen molar-refractivity contribution in [2.75, 3.05) is 0 Å². The number of hydrogen-bond donors (Lipinski definition) is 0. The number of halogens is 1. The average Bonchev–Trinajstić information content (AvgIpc) is 2.83. The molecule has 92 valence electrons. The second kappa shape index (κ2) is 5.63. The van der Waals surface area contributed by atoms with Gasteiger partial charge in [-0.15, -0.1) is 0 Å². The lowest BCUT2D eigenvalue weighted by Gasteiger charge is -2.16. The number of nitro groups is 1. The number of alkyl halides is 1. The lowest BCUT2D eigenvalue weighted by molar-refractivity contribution is -0.384. The fraction of sp³-hybridized carbons (Fsp3) is 0.538. The van der Waals surface area contributed by atoms with Crippen LogP contribution in [-0.4, -0.2) is 9.75 Å². The standard InChI is InChI=1S/C13H16BrNO2/c14-13(11-3-1-2-4-11)9-10-5-7-12(8-6-10)15(16)17/h5-8,11,13H,1-4,9H2. The lowest BCUT2D eigenvalue weighted by Crippen LogP contribution is -2.13. The second-order valence-corrected chi connectivity index (χ2v) is 5.86. The highest BCUT2D eigenvalue weighted by atomic mass is 79.9. The van der Waals surface area contributed by atoms with E-state index in [1.54, 1.807) is 12.1 Å². The van der Waals surface area contributed by atoms with Gasteiger partial charge in [-0.1, -0.05) is 40.9 Å². The van der Waals surface area contributed by atoms with Crippen molar-refractivity contribution >= 4 is 21.6 Å². The molecule has 0 amide bonds. The van der Waals surface area contributed by atoms with Crippen molar-refractivity contribution in [1.82, 2.24) is 0 Å². The highest BCUT2D eigenvalue weighted by Gasteiger charge is 2.22. The normalized spacial score (nSPS) is 18.2. The molecule has 1 atom stereocenters. The number of hydrogen-bond acceptors (Lipinski definition) is 2. The van der Waals surface area contributed by atoms with E-state index in [9.17, 15) is 10.1 Å². The van der Waals surface area contributed by atoms with Gasteiger partial charge in [-0.3, -0.25) is 10.1 Å². The number of nitro benzene ring substituents is 1. The van der Waals surface area contributed by atoms with Crippen LogP contribution in [0.15, 0.2) is 24.3 Å². The van der Waals surface area contributed by atoms with Gasteiger partial charge in [-0.25, -0.2) is 0 Å². The zero-order valence-electron chi connectivity index (χ0n) is 9.64. The summed E-state index contributed by atoms with van der Waals surface area (Å²) in [5, 5.41) is 10.5. The molecular formula is C13H16BrNO2. The Kier molecular flexibility index (Phi) is 4.15. The Morgan fingerprint density at radius 1 is 1.29 bits per heavy atom. The summed E-state index contributed by atoms with van der Waals surface area (Å²) >= 11 is 3.75. The van der Waals surface area contributed by atoms with Crippen LogP contribution in [0, 0.1) is 16.0 Å². The van der Waals surface area contributed by atoms with Crippen LogP contribution >= 0.6 is 15.9 Å². The van der Waals surface area contributed by atoms with E-state index in [2.05, 4.69) is 15.9 Å². The summed E-state index contributed by atoms with van der Waals surface area (Å²) in [7, 11) is 0. The smallest absolute Gasteiger partial charge is 0.258 e. The fourth-order valence-electron chi connectivity index (χ4n) is 2.46. The molecule has 0 saturated heterocycles. The molecule has 2 rings (SSSR count). The SMILES string of the molecule is O=[N+]([O-])c1ccc(CC(Br)C2CCCC2)cc1. The molecule has 0 bridgehead atoms. The Morgan fingerprint density at radius 3 is 2.41 bits per heavy atom. The van der Waals surface area contributed by atoms with Gasteiger partial charge in [0.2, 0.25) is 0 Å². The zero-order chi connectivity index (χ0) is 12.3. The third-order valence-electron chi connectivity index (χ3n) is 3.49. The summed E-state index contributed by atoms with van der Waals surface area (Å²) < 4.78 is 0. The van der Waals surface area contributed by atoms with Crippen molar-refractivity contribution in [3.8, 4) is 0 Å². The van der Waals surface area contributed by atoms with Gasteiger partial charge in [0.1, 0.15) is 0 Å². The molecule has 0 radical (unpaired) electrons. The zero-order valence-corrected chi connectivity index (χ0v) is 11.2. The maximum Gasteiger partial charge on any atom is 0.269 e. The third kappa shape index (κ3) is 3.28. The Bertz CT molecular complexity index is 385. The van der Waals surface area contributed by atoms with Crippen LogP contribution in [0.3, 0.4) is 0 Å². The number of nitrogens with zero attached hydrogens (tertiary/aromatic N) is 1. The molecule has 4 heteroatoms. The minimum atomic E-state index is -0.355. The predicted octanol–water partition coefficient (Wildman–Crippen LogP) is 4.09. The van der Waals surface area contributed by atoms with Crippen molar-refractivity contribution in [3.63, 3.8) is 0 Å². The van der Waals surface area contributed by atoms with Crippen molar-refractivity contribution in [1.29, 1.82) is 0 Å². The van der Waals surface area contributed by atoms with Crippen LogP contribution in [-0.2, 0) is 6.42 Å². The van der Waals surface area contributed by atoms with Gasteiger partial charge >= 0.3 is 0 Å². The summed E-state index contributed by atoms with van der Waals surface area (Å²) in [5.41, 5.74) is 1.34. The van der Waals surface area contributed by atoms with E-state index in [0.717, 1.165) is 12.3 Å². The first-order valence-corrected chi connectivity index (χ1v) is 6.96. The molecule has 0 aliphatic heterocycles. The highest BCUT2D eigenvalue weighted by Crippen LogP contribution is 2.33. The van der Waals surface area contributed by atoms with Gasteiger partial charge in [0, 0.05) is 17.0 Å². The first-order chi connectivity index (χ1) is 8.16. The van der Waals surface area contributed by atoms with Gasteiger partial charge in [0.25, 0.3) is 5.69 Å². The topological polar surface area (TPSA) is 43.1 Å². The molecule has 1 saturated carbocycles. The van der Waals surface area contributed by atoms with E-state index in [1.165, 1.54) is 31.2 Å². The number of non-ortho nitro benzene ring substituents is 1. The fourth-order valence-corrected chi connectivity index (χ4v) is 3.37. The van der Waals surface area contributed by atoms with Crippen molar-refractivity contribution in [2.45, 2.75) is 36.9 Å². The van der Waals surface area contributed by atoms with E-state index in [0.29, 0.717) is 4.83 Å². The van der Waals surface area contributed by atoms with Crippen LogP contribution in [0.4, 0.5) is 5.69 Å². The maximum atomic E-state index is 10.5. The Hall–Kier alpha value is -0.900. The maximum absolute atomic E-state index is 10.5. The van der Waals surface area contributed by atoms with E-state index >= 15 is 0 Å². The molecule has 1 fully saturated rings. The molecule has 1 aromatic rings. The Balaban J connectivity index is 1.96. The van der Waals surface area contributed by atoms with E-state index in [4.69, 9.17) is 0 Å². The molecule has 1 aliphatic carbocycles. The first-order valence-electron chi connectivity index (χ1n) is 6.04. The monoisotopic (exact) mass is 297 g/mol. The minimum absolute atomic E-state index is 0.167. The molecule has 1 aromatic carbocycles. The van der Waals surface area contributed by atoms with Gasteiger partial charge in [-0.05, 0) is 30.7 Å². The van der Waals surface area contributed by atoms with Crippen LogP contribution < -0.4 is 0 Å². The molecule has 17 heavy (non-hydrogen) atoms. The summed E-state index contributed by atoms with van der Waals surface area (Å²) in [4.78, 5) is 10.7. The molecule has 0 heterocycles. The van der Waals surface area contributed by atoms with Gasteiger partial charge in [0.15, 0.2) is 0 Å².